The molecule has 1 aliphatic rings. The van der Waals surface area contributed by atoms with E-state index in [1.165, 1.54) is 16.8 Å². The van der Waals surface area contributed by atoms with Crippen LogP contribution in [0, 0.1) is 18.7 Å². The van der Waals surface area contributed by atoms with Crippen LogP contribution in [-0.2, 0) is 4.79 Å². The molecule has 1 atom stereocenters. The first-order valence-corrected chi connectivity index (χ1v) is 8.10. The predicted octanol–water partition coefficient (Wildman–Crippen LogP) is 2.04. The molecule has 132 valence electrons. The summed E-state index contributed by atoms with van der Waals surface area (Å²) in [6.07, 6.45) is 1.71. The third-order valence-corrected chi connectivity index (χ3v) is 4.17. The van der Waals surface area contributed by atoms with E-state index < -0.39 is 11.9 Å². The van der Waals surface area contributed by atoms with Gasteiger partial charge in [0.05, 0.1) is 11.6 Å². The first kappa shape index (κ1) is 17.1. The number of aryl methyl sites for hydroxylation is 1. The van der Waals surface area contributed by atoms with Crippen molar-refractivity contribution >= 4 is 11.9 Å². The third kappa shape index (κ3) is 3.67. The summed E-state index contributed by atoms with van der Waals surface area (Å²) in [6, 6.07) is 5.77. The molecule has 0 bridgehead atoms. The van der Waals surface area contributed by atoms with E-state index >= 15 is 0 Å². The number of aliphatic carboxylic acids is 1. The number of carbonyl (C=O) groups excluding carboxylic acids is 1. The molecule has 7 nitrogen and oxygen atoms in total. The molecule has 0 spiro atoms. The molecule has 1 aromatic carbocycles. The maximum absolute atomic E-state index is 13.1. The number of halogens is 1. The second kappa shape index (κ2) is 6.62. The SMILES string of the molecule is Cc1nc(C(=O)N(CC(C)C(=O)O)C2CC2)nn1-c1ccc(F)cc1. The largest absolute Gasteiger partial charge is 0.481 e. The average Bonchev–Trinajstić information content (AvgIpc) is 3.34. The number of aromatic nitrogens is 3. The van der Waals surface area contributed by atoms with Gasteiger partial charge in [0.15, 0.2) is 0 Å². The summed E-state index contributed by atoms with van der Waals surface area (Å²) in [6.45, 7) is 3.40. The Balaban J connectivity index is 1.85. The topological polar surface area (TPSA) is 88.3 Å². The molecule has 1 aliphatic carbocycles. The fourth-order valence-corrected chi connectivity index (χ4v) is 2.59. The number of benzene rings is 1. The van der Waals surface area contributed by atoms with Crippen LogP contribution >= 0.6 is 0 Å². The molecular weight excluding hydrogens is 327 g/mol. The number of nitrogens with zero attached hydrogens (tertiary/aromatic N) is 4. The second-order valence-electron chi connectivity index (χ2n) is 6.30. The molecule has 1 heterocycles. The zero-order chi connectivity index (χ0) is 18.1. The van der Waals surface area contributed by atoms with Gasteiger partial charge in [-0.15, -0.1) is 5.10 Å². The van der Waals surface area contributed by atoms with E-state index in [9.17, 15) is 14.0 Å². The molecule has 1 N–H and O–H groups in total. The maximum Gasteiger partial charge on any atom is 0.308 e. The Morgan fingerprint density at radius 3 is 2.56 bits per heavy atom. The summed E-state index contributed by atoms with van der Waals surface area (Å²) < 4.78 is 14.5. The molecule has 1 fully saturated rings. The van der Waals surface area contributed by atoms with E-state index in [0.717, 1.165) is 12.8 Å². The Hall–Kier alpha value is -2.77. The molecule has 3 rings (SSSR count). The lowest BCUT2D eigenvalue weighted by atomic mass is 10.1. The number of carbonyl (C=O) groups is 2. The molecule has 25 heavy (non-hydrogen) atoms. The fourth-order valence-electron chi connectivity index (χ4n) is 2.59. The summed E-state index contributed by atoms with van der Waals surface area (Å²) in [5, 5.41) is 13.3. The van der Waals surface area contributed by atoms with E-state index in [1.807, 2.05) is 0 Å². The van der Waals surface area contributed by atoms with Crippen LogP contribution in [-0.4, -0.2) is 49.2 Å². The molecule has 1 amide bonds. The monoisotopic (exact) mass is 346 g/mol. The Morgan fingerprint density at radius 2 is 2.00 bits per heavy atom. The summed E-state index contributed by atoms with van der Waals surface area (Å²) >= 11 is 0. The van der Waals surface area contributed by atoms with Gasteiger partial charge in [0.2, 0.25) is 5.82 Å². The molecule has 0 aliphatic heterocycles. The highest BCUT2D eigenvalue weighted by molar-refractivity contribution is 5.91. The van der Waals surface area contributed by atoms with Crippen molar-refractivity contribution in [2.24, 2.45) is 5.92 Å². The predicted molar refractivity (Wildman–Crippen MR) is 86.9 cm³/mol. The molecule has 1 unspecified atom stereocenters. The van der Waals surface area contributed by atoms with E-state index in [4.69, 9.17) is 5.11 Å². The van der Waals surface area contributed by atoms with Crippen LogP contribution in [0.4, 0.5) is 4.39 Å². The maximum atomic E-state index is 13.1. The van der Waals surface area contributed by atoms with Crippen molar-refractivity contribution in [1.82, 2.24) is 19.7 Å². The molecule has 2 aromatic rings. The van der Waals surface area contributed by atoms with Gasteiger partial charge in [-0.2, -0.15) is 0 Å². The summed E-state index contributed by atoms with van der Waals surface area (Å²) in [4.78, 5) is 29.6. The van der Waals surface area contributed by atoms with Crippen LogP contribution in [0.5, 0.6) is 0 Å². The average molecular weight is 346 g/mol. The number of rotatable bonds is 6. The van der Waals surface area contributed by atoms with E-state index in [-0.39, 0.29) is 30.1 Å². The van der Waals surface area contributed by atoms with Crippen molar-refractivity contribution in [1.29, 1.82) is 0 Å². The minimum atomic E-state index is -0.945. The van der Waals surface area contributed by atoms with E-state index in [1.54, 1.807) is 30.9 Å². The van der Waals surface area contributed by atoms with Crippen molar-refractivity contribution in [2.45, 2.75) is 32.7 Å². The van der Waals surface area contributed by atoms with Crippen molar-refractivity contribution < 1.29 is 19.1 Å². The summed E-state index contributed by atoms with van der Waals surface area (Å²) in [7, 11) is 0. The molecule has 0 saturated heterocycles. The van der Waals surface area contributed by atoms with Gasteiger partial charge in [-0.3, -0.25) is 9.59 Å². The molecule has 8 heteroatoms. The zero-order valence-corrected chi connectivity index (χ0v) is 14.0. The van der Waals surface area contributed by atoms with Gasteiger partial charge in [-0.05, 0) is 44.0 Å². The smallest absolute Gasteiger partial charge is 0.308 e. The highest BCUT2D eigenvalue weighted by Gasteiger charge is 2.36. The Labute approximate surface area is 144 Å². The quantitative estimate of drug-likeness (QED) is 0.865. The lowest BCUT2D eigenvalue weighted by molar-refractivity contribution is -0.141. The van der Waals surface area contributed by atoms with Crippen LogP contribution < -0.4 is 0 Å². The Kier molecular flexibility index (Phi) is 4.52. The van der Waals surface area contributed by atoms with Crippen LogP contribution in [0.3, 0.4) is 0 Å². The van der Waals surface area contributed by atoms with Crippen molar-refractivity contribution in [3.05, 3.63) is 41.7 Å². The molecule has 1 aromatic heterocycles. The number of hydrogen-bond acceptors (Lipinski definition) is 4. The minimum Gasteiger partial charge on any atom is -0.481 e. The van der Waals surface area contributed by atoms with E-state index in [2.05, 4.69) is 10.1 Å². The van der Waals surface area contributed by atoms with Crippen molar-refractivity contribution in [3.8, 4) is 5.69 Å². The van der Waals surface area contributed by atoms with Gasteiger partial charge >= 0.3 is 5.97 Å². The van der Waals surface area contributed by atoms with Crippen molar-refractivity contribution in [3.63, 3.8) is 0 Å². The molecular formula is C17H19FN4O3. The lowest BCUT2D eigenvalue weighted by Crippen LogP contribution is -2.39. The number of hydrogen-bond donors (Lipinski definition) is 1. The Morgan fingerprint density at radius 1 is 1.36 bits per heavy atom. The zero-order valence-electron chi connectivity index (χ0n) is 14.0. The van der Waals surface area contributed by atoms with Gasteiger partial charge < -0.3 is 10.0 Å². The van der Waals surface area contributed by atoms with Crippen LogP contribution in [0.2, 0.25) is 0 Å². The van der Waals surface area contributed by atoms with Gasteiger partial charge in [-0.25, -0.2) is 14.1 Å². The van der Waals surface area contributed by atoms with Gasteiger partial charge in [0.25, 0.3) is 5.91 Å². The standard InChI is InChI=1S/C17H19FN4O3/c1-10(17(24)25)9-21(13-7-8-13)16(23)15-19-11(2)22(20-15)14-5-3-12(18)4-6-14/h3-6,10,13H,7-9H2,1-2H3,(H,24,25). The third-order valence-electron chi connectivity index (χ3n) is 4.17. The summed E-state index contributed by atoms with van der Waals surface area (Å²) in [5.41, 5.74) is 0.599. The Bertz CT molecular complexity index is 799. The van der Waals surface area contributed by atoms with Gasteiger partial charge in [0.1, 0.15) is 11.6 Å². The van der Waals surface area contributed by atoms with Crippen LogP contribution in [0.25, 0.3) is 5.69 Å². The van der Waals surface area contributed by atoms with Gasteiger partial charge in [0, 0.05) is 12.6 Å². The first-order chi connectivity index (χ1) is 11.9. The first-order valence-electron chi connectivity index (χ1n) is 8.10. The highest BCUT2D eigenvalue weighted by Crippen LogP contribution is 2.29. The summed E-state index contributed by atoms with van der Waals surface area (Å²) in [5.74, 6) is -1.83. The highest BCUT2D eigenvalue weighted by atomic mass is 19.1. The van der Waals surface area contributed by atoms with E-state index in [0.29, 0.717) is 11.5 Å². The molecule has 1 saturated carbocycles. The number of carboxylic acid groups (broad SMARTS) is 1. The van der Waals surface area contributed by atoms with Crippen LogP contribution in [0.1, 0.15) is 36.2 Å². The molecule has 0 radical (unpaired) electrons. The normalized spacial score (nSPS) is 15.0. The van der Waals surface area contributed by atoms with Gasteiger partial charge in [-0.1, -0.05) is 6.92 Å². The van der Waals surface area contributed by atoms with Crippen molar-refractivity contribution in [2.75, 3.05) is 6.54 Å². The lowest BCUT2D eigenvalue weighted by Gasteiger charge is -2.22. The number of amides is 1. The second-order valence-corrected chi connectivity index (χ2v) is 6.30. The number of carboxylic acids is 1. The fraction of sp³-hybridized carbons (Fsp3) is 0.412. The van der Waals surface area contributed by atoms with Crippen LogP contribution in [0.15, 0.2) is 24.3 Å². The minimum absolute atomic E-state index is 0.0197.